The molecule has 0 saturated heterocycles. The zero-order valence-electron chi connectivity index (χ0n) is 11.4. The van der Waals surface area contributed by atoms with Gasteiger partial charge in [-0.1, -0.05) is 22.0 Å². The molecule has 0 aliphatic rings. The van der Waals surface area contributed by atoms with E-state index in [-0.39, 0.29) is 11.3 Å². The lowest BCUT2D eigenvalue weighted by Crippen LogP contribution is -2.14. The Morgan fingerprint density at radius 2 is 1.95 bits per heavy atom. The molecule has 2 rings (SSSR count). The number of primary amides is 1. The lowest BCUT2D eigenvalue weighted by Gasteiger charge is -2.16. The van der Waals surface area contributed by atoms with Gasteiger partial charge in [0, 0.05) is 27.5 Å². The Labute approximate surface area is 130 Å². The normalized spacial score (nSPS) is 10.4. The van der Waals surface area contributed by atoms with Crippen LogP contribution in [-0.2, 0) is 0 Å². The smallest absolute Gasteiger partial charge is 0.250 e. The monoisotopic (exact) mass is 346 g/mol. The molecule has 0 spiro atoms. The minimum absolute atomic E-state index is 0.233. The van der Waals surface area contributed by atoms with Crippen LogP contribution in [-0.4, -0.2) is 12.1 Å². The van der Waals surface area contributed by atoms with Crippen LogP contribution in [0.4, 0.5) is 11.4 Å². The molecule has 0 heterocycles. The number of hydrogen-bond donors (Lipinski definition) is 4. The van der Waals surface area contributed by atoms with Crippen LogP contribution in [0.25, 0.3) is 11.1 Å². The van der Waals surface area contributed by atoms with Gasteiger partial charge >= 0.3 is 0 Å². The minimum Gasteiger partial charge on any atom is -0.398 e. The lowest BCUT2D eigenvalue weighted by molar-refractivity contribution is 0.100. The van der Waals surface area contributed by atoms with Gasteiger partial charge in [-0.05, 0) is 36.2 Å². The number of halogens is 1. The van der Waals surface area contributed by atoms with Crippen LogP contribution < -0.4 is 17.2 Å². The van der Waals surface area contributed by atoms with Gasteiger partial charge in [-0.3, -0.25) is 4.79 Å². The van der Waals surface area contributed by atoms with Gasteiger partial charge in [-0.15, -0.1) is 0 Å². The number of anilines is 2. The van der Waals surface area contributed by atoms with Gasteiger partial charge in [0.15, 0.2) is 0 Å². The number of nitrogen functional groups attached to an aromatic ring is 2. The van der Waals surface area contributed by atoms with Crippen LogP contribution in [0.15, 0.2) is 28.7 Å². The first kappa shape index (κ1) is 15.1. The van der Waals surface area contributed by atoms with E-state index in [4.69, 9.17) is 22.6 Å². The first-order valence-corrected chi connectivity index (χ1v) is 6.94. The fraction of sp³-hybridized carbons (Fsp3) is 0.0667. The summed E-state index contributed by atoms with van der Waals surface area (Å²) >= 11 is 3.35. The molecule has 0 aliphatic heterocycles. The molecule has 21 heavy (non-hydrogen) atoms. The number of hydrogen-bond acceptors (Lipinski definition) is 4. The Morgan fingerprint density at radius 1 is 1.29 bits per heavy atom. The predicted octanol–water partition coefficient (Wildman–Crippen LogP) is 2.69. The second kappa shape index (κ2) is 5.57. The average molecular weight is 347 g/mol. The van der Waals surface area contributed by atoms with Gasteiger partial charge in [0.05, 0.1) is 11.3 Å². The average Bonchev–Trinajstić information content (AvgIpc) is 2.43. The zero-order valence-corrected chi connectivity index (χ0v) is 13.0. The van der Waals surface area contributed by atoms with Crippen molar-refractivity contribution in [2.75, 3.05) is 11.5 Å². The third-order valence-electron chi connectivity index (χ3n) is 3.31. The van der Waals surface area contributed by atoms with Gasteiger partial charge in [0.25, 0.3) is 5.91 Å². The highest BCUT2D eigenvalue weighted by molar-refractivity contribution is 9.10. The van der Waals surface area contributed by atoms with E-state index in [1.807, 2.05) is 13.0 Å². The first-order chi connectivity index (χ1) is 9.86. The molecule has 0 radical (unpaired) electrons. The number of carbonyl (C=O) groups is 1. The number of nitrogens with one attached hydrogen (secondary N) is 1. The van der Waals surface area contributed by atoms with E-state index >= 15 is 0 Å². The molecule has 108 valence electrons. The Balaban J connectivity index is 2.88. The van der Waals surface area contributed by atoms with Crippen LogP contribution in [0.1, 0.15) is 21.5 Å². The number of carbonyl (C=O) groups excluding carboxylic acids is 1. The highest BCUT2D eigenvalue weighted by atomic mass is 79.9. The summed E-state index contributed by atoms with van der Waals surface area (Å²) in [5.41, 5.74) is 21.2. The molecule has 0 aliphatic carbocycles. The predicted molar refractivity (Wildman–Crippen MR) is 89.5 cm³/mol. The summed E-state index contributed by atoms with van der Waals surface area (Å²) in [6.45, 7) is 1.89. The highest BCUT2D eigenvalue weighted by Gasteiger charge is 2.17. The fourth-order valence-electron chi connectivity index (χ4n) is 2.29. The topological polar surface area (TPSA) is 119 Å². The molecule has 0 aromatic heterocycles. The number of rotatable bonds is 3. The van der Waals surface area contributed by atoms with E-state index in [0.29, 0.717) is 21.3 Å². The molecule has 5 nitrogen and oxygen atoms in total. The maximum Gasteiger partial charge on any atom is 0.250 e. The van der Waals surface area contributed by atoms with Crippen molar-refractivity contribution in [1.29, 1.82) is 5.41 Å². The Kier molecular flexibility index (Phi) is 3.99. The molecule has 2 aromatic rings. The third kappa shape index (κ3) is 2.62. The molecule has 0 saturated carbocycles. The fourth-order valence-corrected chi connectivity index (χ4v) is 2.74. The van der Waals surface area contributed by atoms with Crippen LogP contribution >= 0.6 is 15.9 Å². The van der Waals surface area contributed by atoms with E-state index in [0.717, 1.165) is 11.1 Å². The molecular weight excluding hydrogens is 332 g/mol. The van der Waals surface area contributed by atoms with Crippen molar-refractivity contribution in [3.8, 4) is 11.1 Å². The van der Waals surface area contributed by atoms with Crippen LogP contribution in [0, 0.1) is 12.3 Å². The molecule has 0 fully saturated rings. The molecule has 0 atom stereocenters. The van der Waals surface area contributed by atoms with Crippen molar-refractivity contribution >= 4 is 39.4 Å². The molecule has 1 amide bonds. The summed E-state index contributed by atoms with van der Waals surface area (Å²) < 4.78 is 0.679. The van der Waals surface area contributed by atoms with E-state index < -0.39 is 5.91 Å². The van der Waals surface area contributed by atoms with Crippen LogP contribution in [0.2, 0.25) is 0 Å². The second-order valence-corrected chi connectivity index (χ2v) is 5.60. The van der Waals surface area contributed by atoms with Crippen molar-refractivity contribution in [2.45, 2.75) is 6.92 Å². The Hall–Kier alpha value is -2.34. The SMILES string of the molecule is Cc1ccc(N)c(C=N)c1-c1cc(Br)cc(C(N)=O)c1N. The quantitative estimate of drug-likeness (QED) is 0.505. The van der Waals surface area contributed by atoms with E-state index in [2.05, 4.69) is 15.9 Å². The standard InChI is InChI=1S/C15H15BrN4O/c1-7-2-3-12(18)11(6-17)13(7)9-4-8(16)5-10(14(9)19)15(20)21/h2-6,17H,18-19H2,1H3,(H2,20,21). The van der Waals surface area contributed by atoms with Gasteiger partial charge < -0.3 is 22.6 Å². The minimum atomic E-state index is -0.604. The summed E-state index contributed by atoms with van der Waals surface area (Å²) in [7, 11) is 0. The highest BCUT2D eigenvalue weighted by Crippen LogP contribution is 2.37. The largest absolute Gasteiger partial charge is 0.398 e. The molecular formula is C15H15BrN4O. The third-order valence-corrected chi connectivity index (χ3v) is 3.77. The second-order valence-electron chi connectivity index (χ2n) is 4.68. The number of benzene rings is 2. The molecule has 6 heteroatoms. The Morgan fingerprint density at radius 3 is 2.52 bits per heavy atom. The number of aryl methyl sites for hydroxylation is 1. The van der Waals surface area contributed by atoms with Crippen molar-refractivity contribution in [3.63, 3.8) is 0 Å². The summed E-state index contributed by atoms with van der Waals surface area (Å²) in [4.78, 5) is 11.5. The van der Waals surface area contributed by atoms with Crippen molar-refractivity contribution in [2.24, 2.45) is 5.73 Å². The summed E-state index contributed by atoms with van der Waals surface area (Å²) in [5.74, 6) is -0.604. The van der Waals surface area contributed by atoms with Crippen LogP contribution in [0.5, 0.6) is 0 Å². The zero-order chi connectivity index (χ0) is 15.7. The maximum absolute atomic E-state index is 11.5. The number of nitrogens with two attached hydrogens (primary N) is 3. The van der Waals surface area contributed by atoms with Crippen LogP contribution in [0.3, 0.4) is 0 Å². The molecule has 0 unspecified atom stereocenters. The van der Waals surface area contributed by atoms with Gasteiger partial charge in [-0.25, -0.2) is 0 Å². The molecule has 0 bridgehead atoms. The van der Waals surface area contributed by atoms with Crippen molar-refractivity contribution < 1.29 is 4.79 Å². The molecule has 7 N–H and O–H groups in total. The van der Waals surface area contributed by atoms with E-state index in [1.54, 1.807) is 18.2 Å². The maximum atomic E-state index is 11.5. The van der Waals surface area contributed by atoms with Crippen molar-refractivity contribution in [3.05, 3.63) is 45.4 Å². The van der Waals surface area contributed by atoms with Gasteiger partial charge in [0.1, 0.15) is 0 Å². The van der Waals surface area contributed by atoms with Gasteiger partial charge in [-0.2, -0.15) is 0 Å². The summed E-state index contributed by atoms with van der Waals surface area (Å²) in [6, 6.07) is 6.95. The number of amides is 1. The summed E-state index contributed by atoms with van der Waals surface area (Å²) in [6.07, 6.45) is 1.18. The summed E-state index contributed by atoms with van der Waals surface area (Å²) in [5, 5.41) is 7.58. The van der Waals surface area contributed by atoms with E-state index in [1.165, 1.54) is 6.21 Å². The molecule has 2 aromatic carbocycles. The van der Waals surface area contributed by atoms with Gasteiger partial charge in [0.2, 0.25) is 0 Å². The Bertz CT molecular complexity index is 756. The first-order valence-electron chi connectivity index (χ1n) is 6.15. The lowest BCUT2D eigenvalue weighted by atomic mass is 9.91. The van der Waals surface area contributed by atoms with Crippen molar-refractivity contribution in [1.82, 2.24) is 0 Å². The van der Waals surface area contributed by atoms with E-state index in [9.17, 15) is 4.79 Å².